The first-order valence-electron chi connectivity index (χ1n) is 9.91. The van der Waals surface area contributed by atoms with Crippen LogP contribution in [0, 0.1) is 18.3 Å². The summed E-state index contributed by atoms with van der Waals surface area (Å²) in [4.78, 5) is 17.8. The van der Waals surface area contributed by atoms with E-state index in [1.54, 1.807) is 48.3 Å². The number of ether oxygens (including phenoxy) is 3. The Morgan fingerprint density at radius 3 is 2.66 bits per heavy atom. The highest BCUT2D eigenvalue weighted by molar-refractivity contribution is 5.57. The molecular formula is C24H22N4O4. The van der Waals surface area contributed by atoms with Gasteiger partial charge in [-0.25, -0.2) is 0 Å². The van der Waals surface area contributed by atoms with Crippen molar-refractivity contribution in [1.82, 2.24) is 9.55 Å². The Morgan fingerprint density at radius 1 is 1.22 bits per heavy atom. The summed E-state index contributed by atoms with van der Waals surface area (Å²) >= 11 is 0. The Balaban J connectivity index is 1.93. The van der Waals surface area contributed by atoms with Crippen molar-refractivity contribution in [2.24, 2.45) is 5.73 Å². The molecule has 0 radical (unpaired) electrons. The molecule has 0 saturated heterocycles. The van der Waals surface area contributed by atoms with Crippen molar-refractivity contribution in [3.8, 4) is 23.3 Å². The molecule has 3 heterocycles. The number of aromatic nitrogens is 2. The van der Waals surface area contributed by atoms with Crippen LogP contribution in [0.2, 0.25) is 0 Å². The summed E-state index contributed by atoms with van der Waals surface area (Å²) in [7, 11) is 3.07. The highest BCUT2D eigenvalue weighted by Gasteiger charge is 2.34. The van der Waals surface area contributed by atoms with Gasteiger partial charge in [0.05, 0.1) is 32.2 Å². The summed E-state index contributed by atoms with van der Waals surface area (Å²) in [5.74, 6) is 0.625. The summed E-state index contributed by atoms with van der Waals surface area (Å²) in [6.45, 7) is 2.16. The van der Waals surface area contributed by atoms with Crippen molar-refractivity contribution < 1.29 is 14.2 Å². The average Bonchev–Trinajstić information content (AvgIpc) is 2.81. The van der Waals surface area contributed by atoms with E-state index >= 15 is 0 Å². The number of methoxy groups -OCH3 is 2. The Bertz CT molecular complexity index is 1310. The van der Waals surface area contributed by atoms with E-state index in [0.717, 1.165) is 5.56 Å². The zero-order valence-electron chi connectivity index (χ0n) is 18.0. The van der Waals surface area contributed by atoms with Gasteiger partial charge in [-0.05, 0) is 36.2 Å². The van der Waals surface area contributed by atoms with E-state index in [0.29, 0.717) is 40.6 Å². The number of allylic oxidation sites excluding steroid dienone is 1. The molecule has 32 heavy (non-hydrogen) atoms. The molecule has 162 valence electrons. The summed E-state index contributed by atoms with van der Waals surface area (Å²) in [6.07, 6.45) is 3.39. The number of benzene rings is 1. The zero-order chi connectivity index (χ0) is 22.8. The van der Waals surface area contributed by atoms with E-state index < -0.39 is 5.92 Å². The van der Waals surface area contributed by atoms with Gasteiger partial charge in [0.25, 0.3) is 5.56 Å². The standard InChI is InChI=1S/C24H22N4O4/c1-14-9-20-22(24(29)28(14)13-15-5-4-8-27-12-15)21(17(11-25)23(26)32-20)16-6-7-18(30-2)19(10-16)31-3/h4-10,12,21H,13,26H2,1-3H3/t21-/m0/s1. The molecule has 4 rings (SSSR count). The molecule has 0 unspecified atom stereocenters. The molecule has 0 aliphatic carbocycles. The highest BCUT2D eigenvalue weighted by Crippen LogP contribution is 2.42. The van der Waals surface area contributed by atoms with Crippen LogP contribution >= 0.6 is 0 Å². The molecule has 3 aromatic rings. The Labute approximate surface area is 185 Å². The summed E-state index contributed by atoms with van der Waals surface area (Å²) in [5, 5.41) is 9.86. The molecule has 1 aliphatic rings. The maximum absolute atomic E-state index is 13.7. The number of nitriles is 1. The Hall–Kier alpha value is -4.25. The molecule has 8 nitrogen and oxygen atoms in total. The number of rotatable bonds is 5. The van der Waals surface area contributed by atoms with Crippen LogP contribution in [0.4, 0.5) is 0 Å². The quantitative estimate of drug-likeness (QED) is 0.662. The smallest absolute Gasteiger partial charge is 0.259 e. The molecule has 1 aromatic carbocycles. The first-order chi connectivity index (χ1) is 15.5. The van der Waals surface area contributed by atoms with Crippen LogP contribution in [-0.4, -0.2) is 23.8 Å². The summed E-state index contributed by atoms with van der Waals surface area (Å²) in [6, 6.07) is 12.9. The largest absolute Gasteiger partial charge is 0.493 e. The van der Waals surface area contributed by atoms with Crippen LogP contribution in [0.3, 0.4) is 0 Å². The lowest BCUT2D eigenvalue weighted by Crippen LogP contribution is -2.33. The molecule has 0 fully saturated rings. The van der Waals surface area contributed by atoms with Crippen LogP contribution in [0.1, 0.15) is 28.3 Å². The second kappa shape index (κ2) is 8.47. The minimum absolute atomic E-state index is 0.0244. The van der Waals surface area contributed by atoms with Gasteiger partial charge in [-0.15, -0.1) is 0 Å². The van der Waals surface area contributed by atoms with Gasteiger partial charge in [0.15, 0.2) is 11.5 Å². The lowest BCUT2D eigenvalue weighted by Gasteiger charge is -2.27. The monoisotopic (exact) mass is 430 g/mol. The first-order valence-corrected chi connectivity index (χ1v) is 9.91. The van der Waals surface area contributed by atoms with Crippen molar-refractivity contribution in [1.29, 1.82) is 5.26 Å². The number of pyridine rings is 2. The second-order valence-corrected chi connectivity index (χ2v) is 7.36. The summed E-state index contributed by atoms with van der Waals surface area (Å²) < 4.78 is 18.1. The number of fused-ring (bicyclic) bond motifs is 1. The fourth-order valence-corrected chi connectivity index (χ4v) is 3.92. The van der Waals surface area contributed by atoms with E-state index in [1.807, 2.05) is 19.1 Å². The SMILES string of the molecule is COc1ccc([C@H]2C(C#N)=C(N)Oc3cc(C)n(Cc4cccnc4)c(=O)c32)cc1OC. The zero-order valence-corrected chi connectivity index (χ0v) is 18.0. The predicted octanol–water partition coefficient (Wildman–Crippen LogP) is 2.84. The van der Waals surface area contributed by atoms with Gasteiger partial charge in [-0.3, -0.25) is 9.78 Å². The third-order valence-electron chi connectivity index (χ3n) is 5.49. The van der Waals surface area contributed by atoms with E-state index in [4.69, 9.17) is 19.9 Å². The lowest BCUT2D eigenvalue weighted by molar-refractivity contribution is 0.354. The number of hydrogen-bond donors (Lipinski definition) is 1. The molecule has 0 bridgehead atoms. The second-order valence-electron chi connectivity index (χ2n) is 7.36. The van der Waals surface area contributed by atoms with E-state index in [2.05, 4.69) is 11.1 Å². The number of nitrogens with two attached hydrogens (primary N) is 1. The third kappa shape index (κ3) is 3.54. The molecule has 2 aromatic heterocycles. The molecular weight excluding hydrogens is 408 g/mol. The van der Waals surface area contributed by atoms with Gasteiger partial charge >= 0.3 is 0 Å². The average molecular weight is 430 g/mol. The normalized spacial score (nSPS) is 14.9. The molecule has 1 atom stereocenters. The lowest BCUT2D eigenvalue weighted by atomic mass is 9.84. The molecule has 0 amide bonds. The van der Waals surface area contributed by atoms with Gasteiger partial charge < -0.3 is 24.5 Å². The van der Waals surface area contributed by atoms with E-state index in [9.17, 15) is 10.1 Å². The van der Waals surface area contributed by atoms with Crippen LogP contribution < -0.4 is 25.5 Å². The third-order valence-corrected chi connectivity index (χ3v) is 5.49. The summed E-state index contributed by atoms with van der Waals surface area (Å²) in [5.41, 5.74) is 8.59. The van der Waals surface area contributed by atoms with Gasteiger partial charge in [0.2, 0.25) is 5.88 Å². The van der Waals surface area contributed by atoms with Crippen LogP contribution in [0.15, 0.2) is 65.0 Å². The van der Waals surface area contributed by atoms with Gasteiger partial charge in [0.1, 0.15) is 17.4 Å². The first kappa shape index (κ1) is 21.0. The van der Waals surface area contributed by atoms with Crippen LogP contribution in [-0.2, 0) is 6.54 Å². The molecule has 8 heteroatoms. The number of aryl methyl sites for hydroxylation is 1. The highest BCUT2D eigenvalue weighted by atomic mass is 16.5. The van der Waals surface area contributed by atoms with Crippen molar-refractivity contribution in [2.75, 3.05) is 14.2 Å². The Kier molecular flexibility index (Phi) is 5.56. The maximum Gasteiger partial charge on any atom is 0.259 e. The minimum atomic E-state index is -0.711. The van der Waals surface area contributed by atoms with Crippen LogP contribution in [0.25, 0.3) is 0 Å². The predicted molar refractivity (Wildman–Crippen MR) is 118 cm³/mol. The topological polar surface area (TPSA) is 112 Å². The van der Waals surface area contributed by atoms with Crippen molar-refractivity contribution >= 4 is 0 Å². The maximum atomic E-state index is 13.7. The van der Waals surface area contributed by atoms with Crippen LogP contribution in [0.5, 0.6) is 17.2 Å². The Morgan fingerprint density at radius 2 is 2.00 bits per heavy atom. The minimum Gasteiger partial charge on any atom is -0.493 e. The van der Waals surface area contributed by atoms with Crippen molar-refractivity contribution in [3.63, 3.8) is 0 Å². The molecule has 0 spiro atoms. The van der Waals surface area contributed by atoms with Gasteiger partial charge in [-0.1, -0.05) is 12.1 Å². The number of nitrogens with zero attached hydrogens (tertiary/aromatic N) is 3. The fraction of sp³-hybridized carbons (Fsp3) is 0.208. The fourth-order valence-electron chi connectivity index (χ4n) is 3.92. The van der Waals surface area contributed by atoms with Gasteiger partial charge in [0, 0.05) is 24.2 Å². The molecule has 0 saturated carbocycles. The van der Waals surface area contributed by atoms with Crippen molar-refractivity contribution in [2.45, 2.75) is 19.4 Å². The molecule has 2 N–H and O–H groups in total. The van der Waals surface area contributed by atoms with Gasteiger partial charge in [-0.2, -0.15) is 5.26 Å². The van der Waals surface area contributed by atoms with E-state index in [1.165, 1.54) is 7.11 Å². The van der Waals surface area contributed by atoms with E-state index in [-0.39, 0.29) is 17.0 Å². The number of hydrogen-bond acceptors (Lipinski definition) is 7. The van der Waals surface area contributed by atoms with Crippen molar-refractivity contribution in [3.05, 3.63) is 93.0 Å². The molecule has 1 aliphatic heterocycles.